The Labute approximate surface area is 126 Å². The molecule has 0 spiro atoms. The Morgan fingerprint density at radius 2 is 1.90 bits per heavy atom. The summed E-state index contributed by atoms with van der Waals surface area (Å²) in [5.74, 6) is -0.331. The minimum absolute atomic E-state index is 0.159. The van der Waals surface area contributed by atoms with Gasteiger partial charge in [0.15, 0.2) is 11.6 Å². The second-order valence-electron chi connectivity index (χ2n) is 5.68. The van der Waals surface area contributed by atoms with E-state index in [0.29, 0.717) is 6.61 Å². The lowest BCUT2D eigenvalue weighted by Crippen LogP contribution is -2.39. The monoisotopic (exact) mass is 296 g/mol. The van der Waals surface area contributed by atoms with Crippen molar-refractivity contribution in [2.24, 2.45) is 0 Å². The van der Waals surface area contributed by atoms with E-state index in [-0.39, 0.29) is 11.3 Å². The summed E-state index contributed by atoms with van der Waals surface area (Å²) in [7, 11) is 1.43. The molecule has 1 atom stereocenters. The Kier molecular flexibility index (Phi) is 5.59. The lowest BCUT2D eigenvalue weighted by Gasteiger charge is -2.37. The number of rotatable bonds is 5. The Balaban J connectivity index is 2.35. The fourth-order valence-corrected chi connectivity index (χ4v) is 3.29. The van der Waals surface area contributed by atoms with Crippen molar-refractivity contribution in [1.29, 1.82) is 0 Å². The third-order valence-electron chi connectivity index (χ3n) is 4.39. The second kappa shape index (κ2) is 7.23. The number of aliphatic hydroxyl groups is 1. The zero-order chi connectivity index (χ0) is 15.3. The van der Waals surface area contributed by atoms with Crippen LogP contribution in [0.25, 0.3) is 0 Å². The van der Waals surface area contributed by atoms with E-state index < -0.39 is 17.5 Å². The topological polar surface area (TPSA) is 38.7 Å². The predicted molar refractivity (Wildman–Crippen MR) is 80.0 cm³/mol. The van der Waals surface area contributed by atoms with Gasteiger partial charge in [0, 0.05) is 12.2 Å². The molecule has 2 rings (SSSR count). The van der Waals surface area contributed by atoms with Crippen LogP contribution in [-0.2, 0) is 4.74 Å². The minimum Gasteiger partial charge on any atom is -0.494 e. The van der Waals surface area contributed by atoms with Gasteiger partial charge in [0.25, 0.3) is 0 Å². The number of halogens is 1. The van der Waals surface area contributed by atoms with Crippen molar-refractivity contribution < 1.29 is 19.0 Å². The quantitative estimate of drug-likeness (QED) is 0.835. The molecule has 0 amide bonds. The van der Waals surface area contributed by atoms with E-state index in [2.05, 4.69) is 0 Å². The van der Waals surface area contributed by atoms with E-state index in [4.69, 9.17) is 9.47 Å². The Morgan fingerprint density at radius 3 is 2.48 bits per heavy atom. The second-order valence-corrected chi connectivity index (χ2v) is 5.68. The summed E-state index contributed by atoms with van der Waals surface area (Å²) in [4.78, 5) is 0. The van der Waals surface area contributed by atoms with Gasteiger partial charge < -0.3 is 14.6 Å². The van der Waals surface area contributed by atoms with Crippen LogP contribution < -0.4 is 4.74 Å². The molecule has 1 saturated carbocycles. The summed E-state index contributed by atoms with van der Waals surface area (Å²) in [5, 5.41) is 10.8. The molecule has 1 aliphatic rings. The van der Waals surface area contributed by atoms with Gasteiger partial charge in [-0.25, -0.2) is 4.39 Å². The van der Waals surface area contributed by atoms with E-state index in [1.807, 2.05) is 6.92 Å². The third kappa shape index (κ3) is 3.38. The summed E-state index contributed by atoms with van der Waals surface area (Å²) in [5.41, 5.74) is -0.414. The van der Waals surface area contributed by atoms with Crippen LogP contribution in [0.3, 0.4) is 0 Å². The number of hydrogen-bond donors (Lipinski definition) is 1. The molecule has 118 valence electrons. The first kappa shape index (κ1) is 16.2. The van der Waals surface area contributed by atoms with Crippen LogP contribution in [0.2, 0.25) is 0 Å². The summed E-state index contributed by atoms with van der Waals surface area (Å²) in [6, 6.07) is 4.89. The van der Waals surface area contributed by atoms with Crippen molar-refractivity contribution in [1.82, 2.24) is 0 Å². The molecule has 1 fully saturated rings. The molecule has 0 bridgehead atoms. The van der Waals surface area contributed by atoms with Gasteiger partial charge in [0.2, 0.25) is 0 Å². The number of hydrogen-bond acceptors (Lipinski definition) is 3. The molecule has 0 aromatic heterocycles. The summed E-state index contributed by atoms with van der Waals surface area (Å²) in [6.07, 6.45) is 4.85. The highest BCUT2D eigenvalue weighted by Gasteiger charge is 2.41. The number of ether oxygens (including phenoxy) is 2. The molecule has 1 aromatic rings. The van der Waals surface area contributed by atoms with Crippen molar-refractivity contribution in [3.8, 4) is 5.75 Å². The van der Waals surface area contributed by atoms with Gasteiger partial charge in [0.1, 0.15) is 6.10 Å². The number of aliphatic hydroxyl groups excluding tert-OH is 1. The van der Waals surface area contributed by atoms with E-state index >= 15 is 0 Å². The molecule has 21 heavy (non-hydrogen) atoms. The predicted octanol–water partition coefficient (Wildman–Crippen LogP) is 4.00. The lowest BCUT2D eigenvalue weighted by atomic mass is 9.84. The average molecular weight is 296 g/mol. The SMILES string of the molecule is CCOC1(C(O)c2cccc(OC)c2F)CCCCCC1. The maximum Gasteiger partial charge on any atom is 0.170 e. The Morgan fingerprint density at radius 1 is 1.24 bits per heavy atom. The van der Waals surface area contributed by atoms with Crippen LogP contribution in [-0.4, -0.2) is 24.4 Å². The van der Waals surface area contributed by atoms with Crippen molar-refractivity contribution in [3.05, 3.63) is 29.6 Å². The lowest BCUT2D eigenvalue weighted by molar-refractivity contribution is -0.132. The van der Waals surface area contributed by atoms with E-state index in [1.165, 1.54) is 7.11 Å². The van der Waals surface area contributed by atoms with Gasteiger partial charge in [-0.1, -0.05) is 37.8 Å². The van der Waals surface area contributed by atoms with Crippen molar-refractivity contribution in [3.63, 3.8) is 0 Å². The van der Waals surface area contributed by atoms with E-state index in [9.17, 15) is 9.50 Å². The maximum atomic E-state index is 14.4. The molecular formula is C17H25FO3. The number of methoxy groups -OCH3 is 1. The van der Waals surface area contributed by atoms with Gasteiger partial charge in [-0.3, -0.25) is 0 Å². The van der Waals surface area contributed by atoms with Gasteiger partial charge in [0.05, 0.1) is 12.7 Å². The molecule has 0 saturated heterocycles. The molecule has 0 aliphatic heterocycles. The van der Waals surface area contributed by atoms with Crippen molar-refractivity contribution >= 4 is 0 Å². The third-order valence-corrected chi connectivity index (χ3v) is 4.39. The highest BCUT2D eigenvalue weighted by Crippen LogP contribution is 2.42. The van der Waals surface area contributed by atoms with Gasteiger partial charge in [-0.05, 0) is 25.8 Å². The Hall–Kier alpha value is -1.13. The van der Waals surface area contributed by atoms with Crippen molar-refractivity contribution in [2.75, 3.05) is 13.7 Å². The van der Waals surface area contributed by atoms with Crippen LogP contribution in [0.4, 0.5) is 4.39 Å². The summed E-state index contributed by atoms with van der Waals surface area (Å²) in [6.45, 7) is 2.43. The van der Waals surface area contributed by atoms with Crippen LogP contribution in [0.5, 0.6) is 5.75 Å². The summed E-state index contributed by atoms with van der Waals surface area (Å²) < 4.78 is 25.4. The van der Waals surface area contributed by atoms with Crippen LogP contribution >= 0.6 is 0 Å². The van der Waals surface area contributed by atoms with E-state index in [1.54, 1.807) is 18.2 Å². The first-order valence-corrected chi connectivity index (χ1v) is 7.79. The molecular weight excluding hydrogens is 271 g/mol. The minimum atomic E-state index is -0.967. The highest BCUT2D eigenvalue weighted by atomic mass is 19.1. The highest BCUT2D eigenvalue weighted by molar-refractivity contribution is 5.33. The zero-order valence-electron chi connectivity index (χ0n) is 12.9. The number of benzene rings is 1. The molecule has 0 radical (unpaired) electrons. The average Bonchev–Trinajstić information content (AvgIpc) is 2.74. The van der Waals surface area contributed by atoms with Crippen LogP contribution in [0.15, 0.2) is 18.2 Å². The normalized spacial score (nSPS) is 19.8. The standard InChI is InChI=1S/C17H25FO3/c1-3-21-17(11-6-4-5-7-12-17)16(19)13-9-8-10-14(20-2)15(13)18/h8-10,16,19H,3-7,11-12H2,1-2H3. The molecule has 3 nitrogen and oxygen atoms in total. The first-order valence-electron chi connectivity index (χ1n) is 7.79. The van der Waals surface area contributed by atoms with Crippen LogP contribution in [0.1, 0.15) is 57.1 Å². The molecule has 1 aliphatic carbocycles. The smallest absolute Gasteiger partial charge is 0.170 e. The Bertz CT molecular complexity index is 453. The van der Waals surface area contributed by atoms with Gasteiger partial charge in [-0.15, -0.1) is 0 Å². The van der Waals surface area contributed by atoms with E-state index in [0.717, 1.165) is 38.5 Å². The molecule has 0 heterocycles. The zero-order valence-corrected chi connectivity index (χ0v) is 12.9. The van der Waals surface area contributed by atoms with Gasteiger partial charge in [-0.2, -0.15) is 0 Å². The maximum absolute atomic E-state index is 14.4. The van der Waals surface area contributed by atoms with Crippen molar-refractivity contribution in [2.45, 2.75) is 57.2 Å². The summed E-state index contributed by atoms with van der Waals surface area (Å²) >= 11 is 0. The first-order chi connectivity index (χ1) is 10.1. The van der Waals surface area contributed by atoms with Gasteiger partial charge >= 0.3 is 0 Å². The molecule has 1 N–H and O–H groups in total. The van der Waals surface area contributed by atoms with Crippen LogP contribution in [0, 0.1) is 5.82 Å². The fraction of sp³-hybridized carbons (Fsp3) is 0.647. The molecule has 4 heteroatoms. The fourth-order valence-electron chi connectivity index (χ4n) is 3.29. The molecule has 1 aromatic carbocycles. The largest absolute Gasteiger partial charge is 0.494 e. The molecule has 1 unspecified atom stereocenters.